The highest BCUT2D eigenvalue weighted by Crippen LogP contribution is 2.29. The fraction of sp³-hybridized carbons (Fsp3) is 0.462. The van der Waals surface area contributed by atoms with Crippen molar-refractivity contribution in [3.8, 4) is 0 Å². The quantitative estimate of drug-likeness (QED) is 0.763. The van der Waals surface area contributed by atoms with Gasteiger partial charge in [-0.25, -0.2) is 0 Å². The van der Waals surface area contributed by atoms with E-state index in [1.54, 1.807) is 0 Å². The van der Waals surface area contributed by atoms with E-state index in [0.29, 0.717) is 22.4 Å². The third kappa shape index (κ3) is 2.26. The molecule has 1 aromatic carbocycles. The number of nitrogens with zero attached hydrogens (tertiary/aromatic N) is 1. The van der Waals surface area contributed by atoms with E-state index in [4.69, 9.17) is 11.6 Å². The summed E-state index contributed by atoms with van der Waals surface area (Å²) in [5.41, 5.74) is 0.630. The van der Waals surface area contributed by atoms with Gasteiger partial charge in [-0.1, -0.05) is 11.6 Å². The lowest BCUT2D eigenvalue weighted by atomic mass is 10.0. The first kappa shape index (κ1) is 12.7. The minimum Gasteiger partial charge on any atom is -0.338 e. The third-order valence-corrected chi connectivity index (χ3v) is 4.82. The maximum absolute atomic E-state index is 12.4. The van der Waals surface area contributed by atoms with Gasteiger partial charge in [0.1, 0.15) is 0 Å². The summed E-state index contributed by atoms with van der Waals surface area (Å²) < 4.78 is 1.05. The summed E-state index contributed by atoms with van der Waals surface area (Å²) in [5, 5.41) is 3.93. The molecule has 18 heavy (non-hydrogen) atoms. The largest absolute Gasteiger partial charge is 0.338 e. The van der Waals surface area contributed by atoms with Gasteiger partial charge in [0.2, 0.25) is 0 Å². The Labute approximate surface area is 125 Å². The number of halogens is 2. The van der Waals surface area contributed by atoms with E-state index >= 15 is 0 Å². The Hall–Kier alpha value is -0.330. The van der Waals surface area contributed by atoms with E-state index in [1.165, 1.54) is 0 Å². The number of likely N-dealkylation sites (tertiary alicyclic amines) is 1. The molecule has 0 bridgehead atoms. The Bertz CT molecular complexity index is 482. The first-order valence-electron chi connectivity index (χ1n) is 6.10. The van der Waals surface area contributed by atoms with Gasteiger partial charge in [0, 0.05) is 29.7 Å². The Morgan fingerprint density at radius 3 is 2.61 bits per heavy atom. The number of carbonyl (C=O) groups is 1. The molecule has 2 fully saturated rings. The molecule has 0 spiro atoms. The van der Waals surface area contributed by atoms with E-state index in [1.807, 2.05) is 23.1 Å². The standard InChI is InChI=1S/C13H14ClIN2O/c14-12-3-10(15)1-2-11(12)13(18)17-6-8-4-16-5-9(8)7-17/h1-3,8-9,16H,4-7H2/t8-,9+. The van der Waals surface area contributed by atoms with Gasteiger partial charge >= 0.3 is 0 Å². The summed E-state index contributed by atoms with van der Waals surface area (Å²) in [6.07, 6.45) is 0. The number of hydrogen-bond donors (Lipinski definition) is 1. The summed E-state index contributed by atoms with van der Waals surface area (Å²) in [6, 6.07) is 5.60. The van der Waals surface area contributed by atoms with Crippen LogP contribution in [0.25, 0.3) is 0 Å². The van der Waals surface area contributed by atoms with Crippen molar-refractivity contribution in [2.75, 3.05) is 26.2 Å². The molecule has 0 radical (unpaired) electrons. The molecule has 3 nitrogen and oxygen atoms in total. The van der Waals surface area contributed by atoms with Crippen LogP contribution in [0, 0.1) is 15.4 Å². The number of rotatable bonds is 1. The molecule has 0 aliphatic carbocycles. The van der Waals surface area contributed by atoms with Crippen molar-refractivity contribution in [3.05, 3.63) is 32.4 Å². The summed E-state index contributed by atoms with van der Waals surface area (Å²) >= 11 is 8.36. The van der Waals surface area contributed by atoms with Crippen molar-refractivity contribution in [2.45, 2.75) is 0 Å². The number of amides is 1. The highest BCUT2D eigenvalue weighted by Gasteiger charge is 2.38. The Kier molecular flexibility index (Phi) is 3.51. The molecular weight excluding hydrogens is 363 g/mol. The predicted octanol–water partition coefficient (Wildman–Crippen LogP) is 2.24. The average molecular weight is 377 g/mol. The lowest BCUT2D eigenvalue weighted by molar-refractivity contribution is 0.0782. The maximum Gasteiger partial charge on any atom is 0.255 e. The zero-order valence-electron chi connectivity index (χ0n) is 9.83. The summed E-state index contributed by atoms with van der Waals surface area (Å²) in [6.45, 7) is 3.79. The van der Waals surface area contributed by atoms with E-state index in [-0.39, 0.29) is 5.91 Å². The Morgan fingerprint density at radius 1 is 1.33 bits per heavy atom. The average Bonchev–Trinajstić information content (AvgIpc) is 2.87. The van der Waals surface area contributed by atoms with Gasteiger partial charge in [-0.2, -0.15) is 0 Å². The normalized spacial score (nSPS) is 26.4. The molecule has 0 aromatic heterocycles. The van der Waals surface area contributed by atoms with Gasteiger partial charge in [0.15, 0.2) is 0 Å². The Morgan fingerprint density at radius 2 is 2.00 bits per heavy atom. The fourth-order valence-corrected chi connectivity index (χ4v) is 3.79. The minimum absolute atomic E-state index is 0.0748. The van der Waals surface area contributed by atoms with Crippen molar-refractivity contribution in [3.63, 3.8) is 0 Å². The molecule has 2 saturated heterocycles. The topological polar surface area (TPSA) is 32.3 Å². The van der Waals surface area contributed by atoms with Crippen LogP contribution in [-0.2, 0) is 0 Å². The molecule has 0 saturated carbocycles. The van der Waals surface area contributed by atoms with Gasteiger partial charge in [-0.05, 0) is 52.6 Å². The molecule has 5 heteroatoms. The molecule has 1 aromatic rings. The molecular formula is C13H14ClIN2O. The highest BCUT2D eigenvalue weighted by atomic mass is 127. The number of benzene rings is 1. The molecule has 2 atom stereocenters. The summed E-state index contributed by atoms with van der Waals surface area (Å²) in [7, 11) is 0. The van der Waals surface area contributed by atoms with Crippen LogP contribution < -0.4 is 5.32 Å². The zero-order chi connectivity index (χ0) is 12.7. The van der Waals surface area contributed by atoms with Gasteiger partial charge in [0.05, 0.1) is 10.6 Å². The van der Waals surface area contributed by atoms with E-state index in [2.05, 4.69) is 27.9 Å². The molecule has 2 aliphatic heterocycles. The summed E-state index contributed by atoms with van der Waals surface area (Å²) in [5.74, 6) is 1.32. The number of fused-ring (bicyclic) bond motifs is 1. The van der Waals surface area contributed by atoms with Gasteiger partial charge in [0.25, 0.3) is 5.91 Å². The van der Waals surface area contributed by atoms with Crippen LogP contribution in [0.4, 0.5) is 0 Å². The van der Waals surface area contributed by atoms with E-state index in [0.717, 1.165) is 29.7 Å². The lowest BCUT2D eigenvalue weighted by Crippen LogP contribution is -2.32. The summed E-state index contributed by atoms with van der Waals surface area (Å²) in [4.78, 5) is 14.4. The predicted molar refractivity (Wildman–Crippen MR) is 79.9 cm³/mol. The van der Waals surface area contributed by atoms with Crippen LogP contribution in [0.1, 0.15) is 10.4 Å². The number of nitrogens with one attached hydrogen (secondary N) is 1. The van der Waals surface area contributed by atoms with Gasteiger partial charge in [-0.15, -0.1) is 0 Å². The second-order valence-electron chi connectivity index (χ2n) is 5.01. The molecule has 96 valence electrons. The lowest BCUT2D eigenvalue weighted by Gasteiger charge is -2.18. The molecule has 0 unspecified atom stereocenters. The van der Waals surface area contributed by atoms with Crippen molar-refractivity contribution in [1.82, 2.24) is 10.2 Å². The highest BCUT2D eigenvalue weighted by molar-refractivity contribution is 14.1. The van der Waals surface area contributed by atoms with Crippen LogP contribution in [0.3, 0.4) is 0 Å². The smallest absolute Gasteiger partial charge is 0.255 e. The first-order chi connectivity index (χ1) is 8.65. The Balaban J connectivity index is 1.79. The van der Waals surface area contributed by atoms with Gasteiger partial charge < -0.3 is 10.2 Å². The molecule has 2 aliphatic rings. The fourth-order valence-electron chi connectivity index (χ4n) is 2.85. The van der Waals surface area contributed by atoms with Crippen molar-refractivity contribution in [2.24, 2.45) is 11.8 Å². The van der Waals surface area contributed by atoms with Crippen LogP contribution in [-0.4, -0.2) is 37.0 Å². The minimum atomic E-state index is 0.0748. The van der Waals surface area contributed by atoms with Gasteiger partial charge in [-0.3, -0.25) is 4.79 Å². The van der Waals surface area contributed by atoms with Crippen LogP contribution in [0.2, 0.25) is 5.02 Å². The molecule has 1 N–H and O–H groups in total. The second kappa shape index (κ2) is 4.98. The van der Waals surface area contributed by atoms with Crippen molar-refractivity contribution in [1.29, 1.82) is 0 Å². The van der Waals surface area contributed by atoms with E-state index < -0.39 is 0 Å². The van der Waals surface area contributed by atoms with Crippen LogP contribution >= 0.6 is 34.2 Å². The monoisotopic (exact) mass is 376 g/mol. The second-order valence-corrected chi connectivity index (χ2v) is 6.67. The molecule has 3 rings (SSSR count). The SMILES string of the molecule is O=C(c1ccc(I)cc1Cl)N1C[C@H]2CNC[C@H]2C1. The van der Waals surface area contributed by atoms with Crippen LogP contribution in [0.5, 0.6) is 0 Å². The molecule has 1 amide bonds. The van der Waals surface area contributed by atoms with E-state index in [9.17, 15) is 4.79 Å². The molecule has 2 heterocycles. The first-order valence-corrected chi connectivity index (χ1v) is 7.56. The van der Waals surface area contributed by atoms with Crippen LogP contribution in [0.15, 0.2) is 18.2 Å². The maximum atomic E-state index is 12.4. The van der Waals surface area contributed by atoms with Crippen molar-refractivity contribution >= 4 is 40.1 Å². The zero-order valence-corrected chi connectivity index (χ0v) is 12.7. The van der Waals surface area contributed by atoms with Crippen molar-refractivity contribution < 1.29 is 4.79 Å². The number of carbonyl (C=O) groups excluding carboxylic acids is 1. The third-order valence-electron chi connectivity index (χ3n) is 3.84. The number of hydrogen-bond acceptors (Lipinski definition) is 2.